The van der Waals surface area contributed by atoms with Gasteiger partial charge in [0.2, 0.25) is 0 Å². The number of rotatable bonds is 4. The molecule has 2 fully saturated rings. The topological polar surface area (TPSA) is 89.6 Å². The standard InChI is InChI=1S/C19H27N3O4/c1-18(2,3)26-17(24)20-12-10-19(11-12)9-8-14(19)22-15-7-5-6-13(21-15)16(23)25-4/h5-7,12,14H,8-11H2,1-4H3,(H,20,24)(H,21,22). The van der Waals surface area contributed by atoms with Crippen LogP contribution in [0.15, 0.2) is 18.2 Å². The lowest BCUT2D eigenvalue weighted by atomic mass is 9.51. The molecule has 26 heavy (non-hydrogen) atoms. The lowest BCUT2D eigenvalue weighted by Gasteiger charge is -2.59. The van der Waals surface area contributed by atoms with Crippen molar-refractivity contribution in [1.82, 2.24) is 10.3 Å². The van der Waals surface area contributed by atoms with Gasteiger partial charge in [0, 0.05) is 12.1 Å². The Hall–Kier alpha value is -2.31. The van der Waals surface area contributed by atoms with Crippen LogP contribution >= 0.6 is 0 Å². The minimum absolute atomic E-state index is 0.156. The first-order chi connectivity index (χ1) is 12.2. The molecule has 7 heteroatoms. The fourth-order valence-electron chi connectivity index (χ4n) is 3.82. The predicted molar refractivity (Wildman–Crippen MR) is 97.0 cm³/mol. The highest BCUT2D eigenvalue weighted by Gasteiger charge is 2.55. The van der Waals surface area contributed by atoms with E-state index in [-0.39, 0.29) is 17.6 Å². The van der Waals surface area contributed by atoms with E-state index in [1.54, 1.807) is 12.1 Å². The third-order valence-corrected chi connectivity index (χ3v) is 5.16. The summed E-state index contributed by atoms with van der Waals surface area (Å²) >= 11 is 0. The van der Waals surface area contributed by atoms with Crippen LogP contribution in [0.4, 0.5) is 10.6 Å². The molecule has 3 rings (SSSR count). The Labute approximate surface area is 153 Å². The SMILES string of the molecule is COC(=O)c1cccc(NC2CCC23CC(NC(=O)OC(C)(C)C)C3)n1. The van der Waals surface area contributed by atoms with Gasteiger partial charge in [0.05, 0.1) is 7.11 Å². The first kappa shape index (κ1) is 18.5. The maximum atomic E-state index is 11.9. The molecule has 1 atom stereocenters. The van der Waals surface area contributed by atoms with Gasteiger partial charge < -0.3 is 20.1 Å². The van der Waals surface area contributed by atoms with Crippen LogP contribution in [0.3, 0.4) is 0 Å². The number of anilines is 1. The average molecular weight is 361 g/mol. The number of nitrogens with zero attached hydrogens (tertiary/aromatic N) is 1. The highest BCUT2D eigenvalue weighted by Crippen LogP contribution is 2.56. The Morgan fingerprint density at radius 2 is 2.00 bits per heavy atom. The van der Waals surface area contributed by atoms with Crippen molar-refractivity contribution in [1.29, 1.82) is 0 Å². The van der Waals surface area contributed by atoms with Gasteiger partial charge in [-0.2, -0.15) is 0 Å². The molecule has 2 aliphatic rings. The van der Waals surface area contributed by atoms with Crippen LogP contribution in [0.1, 0.15) is 56.9 Å². The molecule has 2 aliphatic carbocycles. The second-order valence-electron chi connectivity index (χ2n) is 8.25. The van der Waals surface area contributed by atoms with E-state index in [4.69, 9.17) is 9.47 Å². The number of hydrogen-bond acceptors (Lipinski definition) is 6. The number of carbonyl (C=O) groups is 2. The van der Waals surface area contributed by atoms with Gasteiger partial charge in [0.25, 0.3) is 0 Å². The minimum Gasteiger partial charge on any atom is -0.464 e. The highest BCUT2D eigenvalue weighted by molar-refractivity contribution is 5.87. The van der Waals surface area contributed by atoms with Crippen LogP contribution in [0.5, 0.6) is 0 Å². The molecule has 1 aromatic heterocycles. The molecule has 0 aliphatic heterocycles. The molecular weight excluding hydrogens is 334 g/mol. The third-order valence-electron chi connectivity index (χ3n) is 5.16. The Morgan fingerprint density at radius 3 is 2.58 bits per heavy atom. The molecule has 1 unspecified atom stereocenters. The van der Waals surface area contributed by atoms with Gasteiger partial charge >= 0.3 is 12.1 Å². The number of carbonyl (C=O) groups excluding carboxylic acids is 2. The first-order valence-electron chi connectivity index (χ1n) is 9.02. The summed E-state index contributed by atoms with van der Waals surface area (Å²) in [6, 6.07) is 5.75. The average Bonchev–Trinajstić information content (AvgIpc) is 2.52. The van der Waals surface area contributed by atoms with E-state index in [1.807, 2.05) is 26.8 Å². The fraction of sp³-hybridized carbons (Fsp3) is 0.632. The summed E-state index contributed by atoms with van der Waals surface area (Å²) in [4.78, 5) is 27.8. The summed E-state index contributed by atoms with van der Waals surface area (Å²) in [5.74, 6) is 0.239. The molecule has 2 saturated carbocycles. The molecule has 1 spiro atoms. The number of alkyl carbamates (subject to hydrolysis) is 1. The lowest BCUT2D eigenvalue weighted by molar-refractivity contribution is -0.0228. The maximum absolute atomic E-state index is 11.9. The predicted octanol–water partition coefficient (Wildman–Crippen LogP) is 3.12. The summed E-state index contributed by atoms with van der Waals surface area (Å²) in [6.45, 7) is 5.57. The number of amides is 1. The van der Waals surface area contributed by atoms with Crippen molar-refractivity contribution in [3.8, 4) is 0 Å². The second kappa shape index (κ2) is 6.78. The van der Waals surface area contributed by atoms with Gasteiger partial charge in [0.1, 0.15) is 11.4 Å². The number of nitrogens with one attached hydrogen (secondary N) is 2. The van der Waals surface area contributed by atoms with Crippen LogP contribution in [-0.4, -0.2) is 41.8 Å². The number of aromatic nitrogens is 1. The molecule has 7 nitrogen and oxygen atoms in total. The Morgan fingerprint density at radius 1 is 1.27 bits per heavy atom. The largest absolute Gasteiger partial charge is 0.464 e. The van der Waals surface area contributed by atoms with E-state index in [1.165, 1.54) is 7.11 Å². The van der Waals surface area contributed by atoms with Gasteiger partial charge in [-0.3, -0.25) is 0 Å². The number of pyridine rings is 1. The van der Waals surface area contributed by atoms with E-state index in [0.717, 1.165) is 25.7 Å². The number of methoxy groups -OCH3 is 1. The lowest BCUT2D eigenvalue weighted by Crippen LogP contribution is -2.62. The number of hydrogen-bond donors (Lipinski definition) is 2. The summed E-state index contributed by atoms with van der Waals surface area (Å²) < 4.78 is 10.0. The minimum atomic E-state index is -0.484. The highest BCUT2D eigenvalue weighted by atomic mass is 16.6. The molecule has 1 amide bonds. The molecule has 0 bridgehead atoms. The van der Waals surface area contributed by atoms with E-state index in [9.17, 15) is 9.59 Å². The van der Waals surface area contributed by atoms with Crippen molar-refractivity contribution in [2.45, 2.75) is 64.1 Å². The summed E-state index contributed by atoms with van der Waals surface area (Å²) in [5.41, 5.74) is 0.00865. The second-order valence-corrected chi connectivity index (χ2v) is 8.25. The van der Waals surface area contributed by atoms with E-state index in [2.05, 4.69) is 15.6 Å². The Bertz CT molecular complexity index is 692. The number of ether oxygens (including phenoxy) is 2. The maximum Gasteiger partial charge on any atom is 0.407 e. The molecule has 1 heterocycles. The van der Waals surface area contributed by atoms with Crippen LogP contribution in [0.25, 0.3) is 0 Å². The molecule has 0 aromatic carbocycles. The quantitative estimate of drug-likeness (QED) is 0.801. The van der Waals surface area contributed by atoms with Crippen molar-refractivity contribution in [2.24, 2.45) is 5.41 Å². The van der Waals surface area contributed by atoms with E-state index in [0.29, 0.717) is 17.6 Å². The van der Waals surface area contributed by atoms with Gasteiger partial charge in [-0.15, -0.1) is 0 Å². The zero-order chi connectivity index (χ0) is 18.9. The van der Waals surface area contributed by atoms with Crippen molar-refractivity contribution in [3.63, 3.8) is 0 Å². The van der Waals surface area contributed by atoms with Gasteiger partial charge in [0.15, 0.2) is 5.69 Å². The normalized spacial score (nSPS) is 27.1. The smallest absolute Gasteiger partial charge is 0.407 e. The zero-order valence-corrected chi connectivity index (χ0v) is 15.8. The first-order valence-corrected chi connectivity index (χ1v) is 9.02. The van der Waals surface area contributed by atoms with E-state index >= 15 is 0 Å². The number of esters is 1. The molecule has 142 valence electrons. The Balaban J connectivity index is 1.52. The van der Waals surface area contributed by atoms with Crippen LogP contribution < -0.4 is 10.6 Å². The van der Waals surface area contributed by atoms with Crippen molar-refractivity contribution in [2.75, 3.05) is 12.4 Å². The molecule has 0 radical (unpaired) electrons. The molecule has 1 aromatic rings. The molecular formula is C19H27N3O4. The van der Waals surface area contributed by atoms with E-state index < -0.39 is 11.6 Å². The van der Waals surface area contributed by atoms with Crippen LogP contribution in [0, 0.1) is 5.41 Å². The summed E-state index contributed by atoms with van der Waals surface area (Å²) in [6.07, 6.45) is 3.70. The fourth-order valence-corrected chi connectivity index (χ4v) is 3.82. The van der Waals surface area contributed by atoms with Gasteiger partial charge in [-0.05, 0) is 64.0 Å². The van der Waals surface area contributed by atoms with Gasteiger partial charge in [-0.1, -0.05) is 6.07 Å². The van der Waals surface area contributed by atoms with Crippen molar-refractivity contribution >= 4 is 17.9 Å². The van der Waals surface area contributed by atoms with Crippen LogP contribution in [0.2, 0.25) is 0 Å². The van der Waals surface area contributed by atoms with Crippen LogP contribution in [-0.2, 0) is 9.47 Å². The monoisotopic (exact) mass is 361 g/mol. The Kier molecular flexibility index (Phi) is 4.82. The molecule has 0 saturated heterocycles. The van der Waals surface area contributed by atoms with Gasteiger partial charge in [-0.25, -0.2) is 14.6 Å². The summed E-state index contributed by atoms with van der Waals surface area (Å²) in [5, 5.41) is 6.39. The van der Waals surface area contributed by atoms with Crippen molar-refractivity contribution < 1.29 is 19.1 Å². The summed E-state index contributed by atoms with van der Waals surface area (Å²) in [7, 11) is 1.34. The molecule has 2 N–H and O–H groups in total. The third kappa shape index (κ3) is 3.92. The zero-order valence-electron chi connectivity index (χ0n) is 15.8. The van der Waals surface area contributed by atoms with Crippen molar-refractivity contribution in [3.05, 3.63) is 23.9 Å².